The molecule has 6 nitrogen and oxygen atoms in total. The van der Waals surface area contributed by atoms with Crippen LogP contribution in [0, 0.1) is 12.8 Å². The molecule has 3 heterocycles. The van der Waals surface area contributed by atoms with Crippen molar-refractivity contribution in [2.75, 3.05) is 19.6 Å². The Morgan fingerprint density at radius 3 is 2.88 bits per heavy atom. The van der Waals surface area contributed by atoms with E-state index in [9.17, 15) is 9.59 Å². The highest BCUT2D eigenvalue weighted by Crippen LogP contribution is 2.29. The summed E-state index contributed by atoms with van der Waals surface area (Å²) in [6.07, 6.45) is 2.02. The fourth-order valence-electron chi connectivity index (χ4n) is 3.19. The molecule has 3 N–H and O–H groups in total. The smallest absolute Gasteiger partial charge is 0.275 e. The van der Waals surface area contributed by atoms with Crippen molar-refractivity contribution in [1.29, 1.82) is 0 Å². The summed E-state index contributed by atoms with van der Waals surface area (Å²) in [6.45, 7) is 9.01. The Morgan fingerprint density at radius 1 is 1.38 bits per heavy atom. The van der Waals surface area contributed by atoms with Crippen molar-refractivity contribution in [3.8, 4) is 0 Å². The van der Waals surface area contributed by atoms with Gasteiger partial charge in [-0.15, -0.1) is 11.3 Å². The Hall–Kier alpha value is -1.73. The van der Waals surface area contributed by atoms with Gasteiger partial charge in [-0.25, -0.2) is 4.98 Å². The Kier molecular flexibility index (Phi) is 5.01. The number of nitrogens with zero attached hydrogens (tertiary/aromatic N) is 1. The van der Waals surface area contributed by atoms with Crippen LogP contribution in [0.5, 0.6) is 0 Å². The summed E-state index contributed by atoms with van der Waals surface area (Å²) in [4.78, 5) is 34.9. The molecule has 1 aliphatic heterocycles. The Bertz CT molecular complexity index is 811. The first-order valence-electron chi connectivity index (χ1n) is 8.59. The Balaban J connectivity index is 1.90. The number of thiophene rings is 1. The molecule has 24 heavy (non-hydrogen) atoms. The zero-order valence-corrected chi connectivity index (χ0v) is 15.3. The molecular weight excluding hydrogens is 324 g/mol. The largest absolute Gasteiger partial charge is 0.346 e. The molecule has 1 amide bonds. The number of aromatic amines is 1. The summed E-state index contributed by atoms with van der Waals surface area (Å²) in [6, 6.07) is 0. The van der Waals surface area contributed by atoms with Crippen LogP contribution in [0.2, 0.25) is 0 Å². The lowest BCUT2D eigenvalue weighted by molar-refractivity contribution is -0.907. The SMILES string of the molecule is CC[C@@H](C)Cc1c(C)sc2nc(C[NH+]3CCNC(=O)C3)[nH]c(=O)c12. The second kappa shape index (κ2) is 7.03. The fraction of sp³-hybridized carbons (Fsp3) is 0.588. The lowest BCUT2D eigenvalue weighted by atomic mass is 9.98. The van der Waals surface area contributed by atoms with E-state index >= 15 is 0 Å². The molecule has 2 atom stereocenters. The molecule has 3 rings (SSSR count). The third-order valence-electron chi connectivity index (χ3n) is 4.79. The van der Waals surface area contributed by atoms with Crippen LogP contribution in [0.1, 0.15) is 36.5 Å². The number of amides is 1. The fourth-order valence-corrected chi connectivity index (χ4v) is 4.26. The number of piperazine rings is 1. The molecule has 2 aromatic heterocycles. The highest BCUT2D eigenvalue weighted by Gasteiger charge is 2.22. The second-order valence-electron chi connectivity index (χ2n) is 6.75. The number of hydrogen-bond acceptors (Lipinski definition) is 4. The summed E-state index contributed by atoms with van der Waals surface area (Å²) in [7, 11) is 0. The maximum absolute atomic E-state index is 12.6. The first kappa shape index (κ1) is 17.1. The molecule has 2 aromatic rings. The van der Waals surface area contributed by atoms with Gasteiger partial charge in [0, 0.05) is 4.88 Å². The summed E-state index contributed by atoms with van der Waals surface area (Å²) in [5.41, 5.74) is 1.10. The number of aromatic nitrogens is 2. The minimum atomic E-state index is -0.0430. The van der Waals surface area contributed by atoms with Crippen LogP contribution in [0.25, 0.3) is 10.2 Å². The number of H-pyrrole nitrogens is 1. The van der Waals surface area contributed by atoms with E-state index in [0.717, 1.165) is 40.1 Å². The molecule has 0 radical (unpaired) electrons. The van der Waals surface area contributed by atoms with E-state index < -0.39 is 0 Å². The second-order valence-corrected chi connectivity index (χ2v) is 7.95. The van der Waals surface area contributed by atoms with Gasteiger partial charge >= 0.3 is 0 Å². The lowest BCUT2D eigenvalue weighted by Crippen LogP contribution is -3.14. The van der Waals surface area contributed by atoms with Crippen molar-refractivity contribution in [3.05, 3.63) is 26.6 Å². The molecule has 1 aliphatic rings. The van der Waals surface area contributed by atoms with E-state index in [1.807, 2.05) is 0 Å². The van der Waals surface area contributed by atoms with E-state index in [-0.39, 0.29) is 11.5 Å². The van der Waals surface area contributed by atoms with Crippen LogP contribution >= 0.6 is 11.3 Å². The van der Waals surface area contributed by atoms with Crippen LogP contribution in [0.4, 0.5) is 0 Å². The van der Waals surface area contributed by atoms with E-state index in [1.165, 1.54) is 4.88 Å². The van der Waals surface area contributed by atoms with Crippen molar-refractivity contribution in [2.24, 2.45) is 5.92 Å². The van der Waals surface area contributed by atoms with Crippen molar-refractivity contribution < 1.29 is 9.69 Å². The van der Waals surface area contributed by atoms with E-state index in [1.54, 1.807) is 11.3 Å². The number of quaternary nitrogens is 1. The minimum Gasteiger partial charge on any atom is -0.346 e. The average Bonchev–Trinajstić information content (AvgIpc) is 2.83. The molecule has 0 aliphatic carbocycles. The predicted octanol–water partition coefficient (Wildman–Crippen LogP) is 0.396. The lowest BCUT2D eigenvalue weighted by Gasteiger charge is -2.22. The molecule has 0 bridgehead atoms. The quantitative estimate of drug-likeness (QED) is 0.731. The highest BCUT2D eigenvalue weighted by atomic mass is 32.1. The molecule has 7 heteroatoms. The number of hydrogen-bond donors (Lipinski definition) is 3. The van der Waals surface area contributed by atoms with Crippen molar-refractivity contribution >= 4 is 27.5 Å². The van der Waals surface area contributed by atoms with Crippen LogP contribution < -0.4 is 15.8 Å². The van der Waals surface area contributed by atoms with Crippen molar-refractivity contribution in [3.63, 3.8) is 0 Å². The van der Waals surface area contributed by atoms with Crippen LogP contribution in [-0.4, -0.2) is 35.5 Å². The zero-order chi connectivity index (χ0) is 17.3. The predicted molar refractivity (Wildman–Crippen MR) is 95.5 cm³/mol. The first-order valence-corrected chi connectivity index (χ1v) is 9.41. The maximum Gasteiger partial charge on any atom is 0.275 e. The van der Waals surface area contributed by atoms with E-state index in [2.05, 4.69) is 36.1 Å². The molecular formula is C17H25N4O2S+. The number of rotatable bonds is 5. The molecule has 1 fully saturated rings. The van der Waals surface area contributed by atoms with Gasteiger partial charge in [0.05, 0.1) is 18.5 Å². The number of aryl methyl sites for hydroxylation is 1. The van der Waals surface area contributed by atoms with E-state index in [0.29, 0.717) is 31.4 Å². The van der Waals surface area contributed by atoms with Crippen LogP contribution in [0.15, 0.2) is 4.79 Å². The third kappa shape index (κ3) is 3.52. The number of nitrogens with one attached hydrogen (secondary N) is 3. The van der Waals surface area contributed by atoms with Crippen molar-refractivity contribution in [1.82, 2.24) is 15.3 Å². The summed E-state index contributed by atoms with van der Waals surface area (Å²) >= 11 is 1.60. The molecule has 1 saturated heterocycles. The first-order chi connectivity index (χ1) is 11.5. The zero-order valence-electron chi connectivity index (χ0n) is 14.5. The standard InChI is InChI=1S/C17H24N4O2S/c1-4-10(2)7-12-11(3)24-17-15(12)16(23)19-13(20-17)8-21-6-5-18-14(22)9-21/h10H,4-9H2,1-3H3,(H,18,22)(H,19,20,23)/p+1/t10-/m1/s1. The summed E-state index contributed by atoms with van der Waals surface area (Å²) in [5, 5.41) is 3.58. The topological polar surface area (TPSA) is 79.3 Å². The Morgan fingerprint density at radius 2 is 2.17 bits per heavy atom. The molecule has 130 valence electrons. The van der Waals surface area contributed by atoms with Gasteiger partial charge in [-0.2, -0.15) is 0 Å². The normalized spacial score (nSPS) is 19.5. The van der Waals surface area contributed by atoms with Gasteiger partial charge in [-0.3, -0.25) is 9.59 Å². The molecule has 1 unspecified atom stereocenters. The molecule has 0 saturated carbocycles. The highest BCUT2D eigenvalue weighted by molar-refractivity contribution is 7.18. The van der Waals surface area contributed by atoms with E-state index in [4.69, 9.17) is 0 Å². The van der Waals surface area contributed by atoms with Gasteiger partial charge in [-0.1, -0.05) is 20.3 Å². The minimum absolute atomic E-state index is 0.0430. The number of carbonyl (C=O) groups excluding carboxylic acids is 1. The maximum atomic E-state index is 12.6. The number of fused-ring (bicyclic) bond motifs is 1. The summed E-state index contributed by atoms with van der Waals surface area (Å²) in [5.74, 6) is 1.29. The number of carbonyl (C=O) groups is 1. The van der Waals surface area contributed by atoms with Gasteiger partial charge in [0.1, 0.15) is 11.4 Å². The average molecular weight is 349 g/mol. The summed E-state index contributed by atoms with van der Waals surface area (Å²) < 4.78 is 0. The molecule has 0 aromatic carbocycles. The van der Waals surface area contributed by atoms with Gasteiger partial charge in [-0.05, 0) is 24.8 Å². The van der Waals surface area contributed by atoms with Crippen molar-refractivity contribution in [2.45, 2.75) is 40.2 Å². The van der Waals surface area contributed by atoms with Crippen LogP contribution in [0.3, 0.4) is 0 Å². The monoisotopic (exact) mass is 349 g/mol. The van der Waals surface area contributed by atoms with Crippen LogP contribution in [-0.2, 0) is 17.8 Å². The Labute approximate surface area is 145 Å². The third-order valence-corrected chi connectivity index (χ3v) is 5.83. The van der Waals surface area contributed by atoms with Gasteiger partial charge in [0.15, 0.2) is 12.4 Å². The van der Waals surface area contributed by atoms with Gasteiger partial charge in [0.25, 0.3) is 11.5 Å². The molecule has 0 spiro atoms. The van der Waals surface area contributed by atoms with Gasteiger partial charge in [0.2, 0.25) is 0 Å². The van der Waals surface area contributed by atoms with Gasteiger partial charge < -0.3 is 15.2 Å².